The van der Waals surface area contributed by atoms with Crippen molar-refractivity contribution in [3.63, 3.8) is 0 Å². The topological polar surface area (TPSA) is 20.7 Å². The minimum atomic E-state index is -0.253. The van der Waals surface area contributed by atoms with Crippen LogP contribution in [0.25, 0.3) is 11.0 Å². The smallest absolute Gasteiger partial charge is 0.178 e. The van der Waals surface area contributed by atoms with Gasteiger partial charge in [-0.05, 0) is 59.4 Å². The van der Waals surface area contributed by atoms with Crippen molar-refractivity contribution in [3.8, 4) is 0 Å². The Morgan fingerprint density at radius 1 is 1.33 bits per heavy atom. The second-order valence-electron chi connectivity index (χ2n) is 4.78. The second-order valence-corrected chi connectivity index (χ2v) is 6.74. The molecule has 3 rings (SSSR count). The van der Waals surface area contributed by atoms with Crippen LogP contribution in [0.1, 0.15) is 18.5 Å². The first-order valence-corrected chi connectivity index (χ1v) is 8.19. The van der Waals surface area contributed by atoms with Crippen LogP contribution in [0.15, 0.2) is 36.4 Å². The molecule has 0 bridgehead atoms. The zero-order valence-corrected chi connectivity index (χ0v) is 14.8. The van der Waals surface area contributed by atoms with Gasteiger partial charge in [0.25, 0.3) is 0 Å². The maximum absolute atomic E-state index is 13.9. The Hall–Kier alpha value is -0.920. The van der Waals surface area contributed by atoms with Crippen LogP contribution in [-0.4, -0.2) is 9.55 Å². The lowest BCUT2D eigenvalue weighted by Crippen LogP contribution is -2.07. The Balaban J connectivity index is 2.25. The van der Waals surface area contributed by atoms with Crippen molar-refractivity contribution >= 4 is 57.4 Å². The SMILES string of the molecule is CC(c1ccccc1Cl)n1c(=S)[nH]c2cc(I)c(F)cc21. The zero-order chi connectivity index (χ0) is 15.1. The van der Waals surface area contributed by atoms with E-state index in [1.54, 1.807) is 6.07 Å². The van der Waals surface area contributed by atoms with E-state index >= 15 is 0 Å². The number of fused-ring (bicyclic) bond motifs is 1. The van der Waals surface area contributed by atoms with Gasteiger partial charge in [0.05, 0.1) is 20.6 Å². The minimum Gasteiger partial charge on any atom is -0.331 e. The molecule has 1 aromatic heterocycles. The number of halogens is 3. The van der Waals surface area contributed by atoms with Crippen LogP contribution in [0.2, 0.25) is 5.02 Å². The fourth-order valence-electron chi connectivity index (χ4n) is 2.46. The Kier molecular flexibility index (Phi) is 4.07. The second kappa shape index (κ2) is 5.70. The Morgan fingerprint density at radius 3 is 2.76 bits per heavy atom. The van der Waals surface area contributed by atoms with Gasteiger partial charge in [0.2, 0.25) is 0 Å². The molecular formula is C15H11ClFIN2S. The Labute approximate surface area is 145 Å². The number of imidazole rings is 1. The van der Waals surface area contributed by atoms with Crippen LogP contribution < -0.4 is 0 Å². The molecule has 21 heavy (non-hydrogen) atoms. The normalized spacial score (nSPS) is 12.8. The summed E-state index contributed by atoms with van der Waals surface area (Å²) in [5.74, 6) is -0.253. The Morgan fingerprint density at radius 2 is 2.05 bits per heavy atom. The van der Waals surface area contributed by atoms with Crippen molar-refractivity contribution in [3.05, 3.63) is 61.1 Å². The average Bonchev–Trinajstić information content (AvgIpc) is 2.74. The highest BCUT2D eigenvalue weighted by Crippen LogP contribution is 2.30. The van der Waals surface area contributed by atoms with E-state index in [1.807, 2.05) is 58.3 Å². The number of aromatic amines is 1. The number of hydrogen-bond donors (Lipinski definition) is 1. The lowest BCUT2D eigenvalue weighted by atomic mass is 10.1. The van der Waals surface area contributed by atoms with Gasteiger partial charge < -0.3 is 9.55 Å². The van der Waals surface area contributed by atoms with E-state index in [0.29, 0.717) is 13.4 Å². The van der Waals surface area contributed by atoms with E-state index in [2.05, 4.69) is 4.98 Å². The molecule has 1 atom stereocenters. The monoisotopic (exact) mass is 432 g/mol. The molecule has 1 heterocycles. The third-order valence-electron chi connectivity index (χ3n) is 3.50. The highest BCUT2D eigenvalue weighted by Gasteiger charge is 2.16. The van der Waals surface area contributed by atoms with Crippen LogP contribution in [-0.2, 0) is 0 Å². The van der Waals surface area contributed by atoms with Crippen LogP contribution in [0, 0.1) is 14.2 Å². The van der Waals surface area contributed by atoms with Gasteiger partial charge in [-0.2, -0.15) is 0 Å². The van der Waals surface area contributed by atoms with E-state index < -0.39 is 0 Å². The maximum Gasteiger partial charge on any atom is 0.178 e. The molecule has 0 saturated carbocycles. The first-order valence-electron chi connectivity index (χ1n) is 6.32. The molecule has 0 aliphatic carbocycles. The van der Waals surface area contributed by atoms with Gasteiger partial charge in [-0.25, -0.2) is 4.39 Å². The summed E-state index contributed by atoms with van der Waals surface area (Å²) in [6.07, 6.45) is 0. The summed E-state index contributed by atoms with van der Waals surface area (Å²) in [5.41, 5.74) is 2.52. The molecule has 0 spiro atoms. The summed E-state index contributed by atoms with van der Waals surface area (Å²) in [6, 6.07) is 10.8. The van der Waals surface area contributed by atoms with Gasteiger partial charge >= 0.3 is 0 Å². The standard InChI is InChI=1S/C15H11ClFIN2S/c1-8(9-4-2-3-5-10(9)16)20-14-6-11(17)12(18)7-13(14)19-15(20)21/h2-8H,1H3,(H,19,21). The van der Waals surface area contributed by atoms with Crippen molar-refractivity contribution in [1.29, 1.82) is 0 Å². The molecule has 0 amide bonds. The first kappa shape index (κ1) is 15.0. The summed E-state index contributed by atoms with van der Waals surface area (Å²) in [4.78, 5) is 3.13. The minimum absolute atomic E-state index is 0.0839. The van der Waals surface area contributed by atoms with E-state index in [0.717, 1.165) is 16.6 Å². The number of nitrogens with one attached hydrogen (secondary N) is 1. The average molecular weight is 433 g/mol. The van der Waals surface area contributed by atoms with E-state index in [-0.39, 0.29) is 11.9 Å². The van der Waals surface area contributed by atoms with E-state index in [9.17, 15) is 4.39 Å². The quantitative estimate of drug-likeness (QED) is 0.407. The van der Waals surface area contributed by atoms with E-state index in [4.69, 9.17) is 23.8 Å². The Bertz CT molecular complexity index is 887. The van der Waals surface area contributed by atoms with Crippen molar-refractivity contribution in [2.24, 2.45) is 0 Å². The number of rotatable bonds is 2. The number of benzene rings is 2. The number of H-pyrrole nitrogens is 1. The molecule has 2 nitrogen and oxygen atoms in total. The molecule has 0 radical (unpaired) electrons. The lowest BCUT2D eigenvalue weighted by Gasteiger charge is -2.16. The van der Waals surface area contributed by atoms with Crippen molar-refractivity contribution < 1.29 is 4.39 Å². The number of nitrogens with zero attached hydrogens (tertiary/aromatic N) is 1. The predicted octanol–water partition coefficient (Wildman–Crippen LogP) is 5.71. The molecule has 6 heteroatoms. The van der Waals surface area contributed by atoms with Gasteiger partial charge in [-0.1, -0.05) is 29.8 Å². The van der Waals surface area contributed by atoms with Crippen LogP contribution in [0.3, 0.4) is 0 Å². The van der Waals surface area contributed by atoms with E-state index in [1.165, 1.54) is 6.07 Å². The lowest BCUT2D eigenvalue weighted by molar-refractivity contribution is 0.616. The van der Waals surface area contributed by atoms with Gasteiger partial charge in [0, 0.05) is 11.1 Å². The van der Waals surface area contributed by atoms with Gasteiger partial charge in [0.15, 0.2) is 4.77 Å². The van der Waals surface area contributed by atoms with Gasteiger partial charge in [-0.3, -0.25) is 0 Å². The van der Waals surface area contributed by atoms with Crippen molar-refractivity contribution in [2.75, 3.05) is 0 Å². The molecule has 108 valence electrons. The third kappa shape index (κ3) is 2.62. The number of aromatic nitrogens is 2. The summed E-state index contributed by atoms with van der Waals surface area (Å²) in [5, 5.41) is 0.673. The third-order valence-corrected chi connectivity index (χ3v) is 4.97. The highest BCUT2D eigenvalue weighted by atomic mass is 127. The van der Waals surface area contributed by atoms with Gasteiger partial charge in [0.1, 0.15) is 5.82 Å². The summed E-state index contributed by atoms with van der Waals surface area (Å²) in [7, 11) is 0. The molecule has 0 aliphatic heterocycles. The van der Waals surface area contributed by atoms with Crippen LogP contribution >= 0.6 is 46.4 Å². The fraction of sp³-hybridized carbons (Fsp3) is 0.133. The molecule has 1 N–H and O–H groups in total. The molecule has 3 aromatic rings. The largest absolute Gasteiger partial charge is 0.331 e. The molecule has 2 aromatic carbocycles. The fourth-order valence-corrected chi connectivity index (χ4v) is 3.59. The highest BCUT2D eigenvalue weighted by molar-refractivity contribution is 14.1. The molecule has 1 unspecified atom stereocenters. The maximum atomic E-state index is 13.9. The molecule has 0 fully saturated rings. The summed E-state index contributed by atoms with van der Waals surface area (Å²) < 4.78 is 16.9. The first-order chi connectivity index (χ1) is 9.99. The van der Waals surface area contributed by atoms with Crippen LogP contribution in [0.4, 0.5) is 4.39 Å². The molecular weight excluding hydrogens is 422 g/mol. The predicted molar refractivity (Wildman–Crippen MR) is 95.1 cm³/mol. The van der Waals surface area contributed by atoms with Crippen molar-refractivity contribution in [1.82, 2.24) is 9.55 Å². The summed E-state index contributed by atoms with van der Waals surface area (Å²) in [6.45, 7) is 2.00. The molecule has 0 aliphatic rings. The van der Waals surface area contributed by atoms with Gasteiger partial charge in [-0.15, -0.1) is 0 Å². The number of hydrogen-bond acceptors (Lipinski definition) is 1. The van der Waals surface area contributed by atoms with Crippen LogP contribution in [0.5, 0.6) is 0 Å². The molecule has 0 saturated heterocycles. The summed E-state index contributed by atoms with van der Waals surface area (Å²) >= 11 is 13.6. The van der Waals surface area contributed by atoms with Crippen molar-refractivity contribution in [2.45, 2.75) is 13.0 Å². The zero-order valence-electron chi connectivity index (χ0n) is 11.0.